The van der Waals surface area contributed by atoms with Crippen LogP contribution >= 0.6 is 0 Å². The first kappa shape index (κ1) is 22.6. The van der Waals surface area contributed by atoms with E-state index in [2.05, 4.69) is 65.7 Å². The van der Waals surface area contributed by atoms with Gasteiger partial charge in [0.25, 0.3) is 0 Å². The molecule has 8 heteroatoms. The first-order valence-electron chi connectivity index (χ1n) is 11.8. The summed E-state index contributed by atoms with van der Waals surface area (Å²) < 4.78 is 2.27. The minimum Gasteiger partial charge on any atom is -0.346 e. The SMILES string of the molecule is CC(C)C1CN(C)C(=O)N1c1ccnc(N[C@@H](C)c2cn(C3CCC(C)(C)CC3)cn2)n1. The Morgan fingerprint density at radius 3 is 2.56 bits per heavy atom. The number of hydrogen-bond donors (Lipinski definition) is 1. The maximum absolute atomic E-state index is 12.7. The second kappa shape index (κ2) is 8.71. The highest BCUT2D eigenvalue weighted by molar-refractivity contribution is 5.94. The number of rotatable bonds is 6. The molecule has 1 unspecified atom stereocenters. The third kappa shape index (κ3) is 4.59. The van der Waals surface area contributed by atoms with Crippen molar-refractivity contribution in [3.8, 4) is 0 Å². The van der Waals surface area contributed by atoms with Crippen LogP contribution in [0.25, 0.3) is 0 Å². The number of nitrogens with one attached hydrogen (secondary N) is 1. The van der Waals surface area contributed by atoms with Crippen molar-refractivity contribution in [1.29, 1.82) is 0 Å². The van der Waals surface area contributed by atoms with Crippen LogP contribution in [-0.4, -0.2) is 50.1 Å². The molecule has 2 atom stereocenters. The molecule has 0 aromatic carbocycles. The topological polar surface area (TPSA) is 79.2 Å². The molecule has 32 heavy (non-hydrogen) atoms. The van der Waals surface area contributed by atoms with Gasteiger partial charge in [0.05, 0.1) is 24.1 Å². The van der Waals surface area contributed by atoms with Gasteiger partial charge in [-0.05, 0) is 50.0 Å². The predicted octanol–water partition coefficient (Wildman–Crippen LogP) is 4.88. The summed E-state index contributed by atoms with van der Waals surface area (Å²) in [7, 11) is 1.84. The molecule has 1 saturated heterocycles. The van der Waals surface area contributed by atoms with Crippen molar-refractivity contribution >= 4 is 17.8 Å². The van der Waals surface area contributed by atoms with E-state index < -0.39 is 0 Å². The molecule has 1 aliphatic carbocycles. The number of likely N-dealkylation sites (N-methyl/N-ethyl adjacent to an activating group) is 1. The van der Waals surface area contributed by atoms with Gasteiger partial charge in [0.1, 0.15) is 5.82 Å². The number of aromatic nitrogens is 4. The fourth-order valence-electron chi connectivity index (χ4n) is 4.82. The van der Waals surface area contributed by atoms with Crippen molar-refractivity contribution in [3.05, 3.63) is 30.5 Å². The Balaban J connectivity index is 1.45. The number of anilines is 2. The number of carbonyl (C=O) groups excluding carboxylic acids is 1. The van der Waals surface area contributed by atoms with Crippen LogP contribution in [0.1, 0.15) is 78.1 Å². The number of hydrogen-bond acceptors (Lipinski definition) is 5. The molecule has 3 heterocycles. The van der Waals surface area contributed by atoms with Gasteiger partial charge < -0.3 is 14.8 Å². The Bertz CT molecular complexity index is 943. The highest BCUT2D eigenvalue weighted by Crippen LogP contribution is 2.40. The standard InChI is InChI=1S/C24H37N7O/c1-16(2)20-14-29(6)23(32)31(20)21-9-12-25-22(28-21)27-17(3)19-13-30(15-26-19)18-7-10-24(4,5)11-8-18/h9,12-13,15-18,20H,7-8,10-11,14H2,1-6H3,(H,25,27,28)/t17-,20?/m0/s1. The number of nitrogens with zero attached hydrogens (tertiary/aromatic N) is 6. The quantitative estimate of drug-likeness (QED) is 0.694. The summed E-state index contributed by atoms with van der Waals surface area (Å²) in [5.74, 6) is 1.48. The van der Waals surface area contributed by atoms with E-state index in [-0.39, 0.29) is 18.1 Å². The normalized spacial score (nSPS) is 22.6. The molecule has 2 aliphatic rings. The van der Waals surface area contributed by atoms with Crippen molar-refractivity contribution in [2.45, 2.75) is 78.4 Å². The number of urea groups is 1. The minimum atomic E-state index is -0.0376. The second-order valence-corrected chi connectivity index (χ2v) is 10.6. The van der Waals surface area contributed by atoms with Crippen molar-refractivity contribution in [2.75, 3.05) is 23.8 Å². The van der Waals surface area contributed by atoms with Crippen LogP contribution in [0.2, 0.25) is 0 Å². The monoisotopic (exact) mass is 439 g/mol. The van der Waals surface area contributed by atoms with E-state index in [0.29, 0.717) is 35.7 Å². The fraction of sp³-hybridized carbons (Fsp3) is 0.667. The third-order valence-electron chi connectivity index (χ3n) is 7.12. The predicted molar refractivity (Wildman–Crippen MR) is 127 cm³/mol. The lowest BCUT2D eigenvalue weighted by Crippen LogP contribution is -2.38. The largest absolute Gasteiger partial charge is 0.346 e. The molecule has 2 fully saturated rings. The summed E-state index contributed by atoms with van der Waals surface area (Å²) in [4.78, 5) is 30.0. The second-order valence-electron chi connectivity index (χ2n) is 10.6. The molecule has 2 aromatic rings. The van der Waals surface area contributed by atoms with Crippen LogP contribution in [0.4, 0.5) is 16.6 Å². The molecule has 1 aliphatic heterocycles. The summed E-state index contributed by atoms with van der Waals surface area (Å²) in [6.07, 6.45) is 10.7. The first-order chi connectivity index (χ1) is 15.1. The average molecular weight is 440 g/mol. The van der Waals surface area contributed by atoms with Crippen LogP contribution in [0.3, 0.4) is 0 Å². The summed E-state index contributed by atoms with van der Waals surface area (Å²) >= 11 is 0. The Morgan fingerprint density at radius 2 is 1.88 bits per heavy atom. The Labute approximate surface area is 191 Å². The Morgan fingerprint density at radius 1 is 1.16 bits per heavy atom. The van der Waals surface area contributed by atoms with Gasteiger partial charge in [-0.3, -0.25) is 4.90 Å². The van der Waals surface area contributed by atoms with Gasteiger partial charge in [-0.25, -0.2) is 14.8 Å². The van der Waals surface area contributed by atoms with Gasteiger partial charge in [0.15, 0.2) is 0 Å². The first-order valence-corrected chi connectivity index (χ1v) is 11.8. The van der Waals surface area contributed by atoms with Gasteiger partial charge in [-0.1, -0.05) is 27.7 Å². The zero-order valence-corrected chi connectivity index (χ0v) is 20.2. The molecule has 174 valence electrons. The van der Waals surface area contributed by atoms with E-state index >= 15 is 0 Å². The van der Waals surface area contributed by atoms with Crippen molar-refractivity contribution in [3.63, 3.8) is 0 Å². The smallest absolute Gasteiger partial charge is 0.325 e. The van der Waals surface area contributed by atoms with E-state index in [1.54, 1.807) is 16.0 Å². The number of amides is 2. The molecule has 2 amide bonds. The molecule has 1 saturated carbocycles. The summed E-state index contributed by atoms with van der Waals surface area (Å²) in [5.41, 5.74) is 1.43. The lowest BCUT2D eigenvalue weighted by Gasteiger charge is -2.34. The fourth-order valence-corrected chi connectivity index (χ4v) is 4.82. The third-order valence-corrected chi connectivity index (χ3v) is 7.12. The zero-order valence-electron chi connectivity index (χ0n) is 20.2. The maximum Gasteiger partial charge on any atom is 0.325 e. The summed E-state index contributed by atoms with van der Waals surface area (Å²) in [5, 5.41) is 3.37. The molecule has 8 nitrogen and oxygen atoms in total. The molecule has 0 bridgehead atoms. The number of imidazole rings is 1. The van der Waals surface area contributed by atoms with E-state index in [0.717, 1.165) is 5.69 Å². The van der Waals surface area contributed by atoms with Gasteiger partial charge in [-0.15, -0.1) is 0 Å². The van der Waals surface area contributed by atoms with Gasteiger partial charge in [-0.2, -0.15) is 4.98 Å². The van der Waals surface area contributed by atoms with E-state index in [1.807, 2.05) is 19.4 Å². The van der Waals surface area contributed by atoms with Crippen LogP contribution < -0.4 is 10.2 Å². The van der Waals surface area contributed by atoms with Crippen molar-refractivity contribution in [2.24, 2.45) is 11.3 Å². The molecule has 0 radical (unpaired) electrons. The van der Waals surface area contributed by atoms with Gasteiger partial charge in [0.2, 0.25) is 5.95 Å². The zero-order chi connectivity index (χ0) is 23.0. The maximum atomic E-state index is 12.7. The highest BCUT2D eigenvalue weighted by Gasteiger charge is 2.38. The molecule has 1 N–H and O–H groups in total. The molecule has 2 aromatic heterocycles. The van der Waals surface area contributed by atoms with Gasteiger partial charge in [0, 0.05) is 32.0 Å². The summed E-state index contributed by atoms with van der Waals surface area (Å²) in [6.45, 7) is 11.8. The van der Waals surface area contributed by atoms with Gasteiger partial charge >= 0.3 is 6.03 Å². The average Bonchev–Trinajstić information content (AvgIpc) is 3.34. The Kier molecular flexibility index (Phi) is 6.14. The van der Waals surface area contributed by atoms with E-state index in [9.17, 15) is 4.79 Å². The van der Waals surface area contributed by atoms with Crippen LogP contribution in [0, 0.1) is 11.3 Å². The molecule has 4 rings (SSSR count). The minimum absolute atomic E-state index is 0.0178. The van der Waals surface area contributed by atoms with Crippen LogP contribution in [-0.2, 0) is 0 Å². The molecular formula is C24H37N7O. The lowest BCUT2D eigenvalue weighted by atomic mass is 9.75. The molecular weight excluding hydrogens is 402 g/mol. The van der Waals surface area contributed by atoms with E-state index in [4.69, 9.17) is 0 Å². The van der Waals surface area contributed by atoms with Crippen LogP contribution in [0.5, 0.6) is 0 Å². The number of carbonyl (C=O) groups is 1. The van der Waals surface area contributed by atoms with E-state index in [1.165, 1.54) is 25.7 Å². The van der Waals surface area contributed by atoms with Crippen molar-refractivity contribution in [1.82, 2.24) is 24.4 Å². The summed E-state index contributed by atoms with van der Waals surface area (Å²) in [6, 6.07) is 2.38. The molecule has 0 spiro atoms. The highest BCUT2D eigenvalue weighted by atomic mass is 16.2. The Hall–Kier alpha value is -2.64. The van der Waals surface area contributed by atoms with Crippen LogP contribution in [0.15, 0.2) is 24.8 Å². The van der Waals surface area contributed by atoms with Crippen molar-refractivity contribution < 1.29 is 4.79 Å². The lowest BCUT2D eigenvalue weighted by molar-refractivity contribution is 0.193.